The fourth-order valence-electron chi connectivity index (χ4n) is 2.60. The predicted molar refractivity (Wildman–Crippen MR) is 87.6 cm³/mol. The highest BCUT2D eigenvalue weighted by atomic mass is 16.2. The first kappa shape index (κ1) is 14.1. The van der Waals surface area contributed by atoms with Gasteiger partial charge >= 0.3 is 0 Å². The van der Waals surface area contributed by atoms with Crippen LogP contribution in [0, 0.1) is 0 Å². The third kappa shape index (κ3) is 2.39. The van der Waals surface area contributed by atoms with Gasteiger partial charge in [0.25, 0.3) is 5.91 Å². The molecule has 4 heteroatoms. The van der Waals surface area contributed by atoms with Crippen molar-refractivity contribution >= 4 is 33.4 Å². The number of hydrogen-bond donors (Lipinski definition) is 2. The number of carbonyl (C=O) groups is 2. The predicted octanol–water partition coefficient (Wildman–Crippen LogP) is 2.60. The van der Waals surface area contributed by atoms with Gasteiger partial charge in [-0.05, 0) is 34.5 Å². The second kappa shape index (κ2) is 5.48. The van der Waals surface area contributed by atoms with E-state index in [-0.39, 0.29) is 5.91 Å². The van der Waals surface area contributed by atoms with Crippen molar-refractivity contribution in [1.29, 1.82) is 0 Å². The average molecular weight is 292 g/mol. The average Bonchev–Trinajstić information content (AvgIpc) is 2.52. The van der Waals surface area contributed by atoms with E-state index in [0.717, 1.165) is 21.5 Å². The van der Waals surface area contributed by atoms with Crippen LogP contribution in [0.3, 0.4) is 0 Å². The summed E-state index contributed by atoms with van der Waals surface area (Å²) in [5.74, 6) is -0.850. The topological polar surface area (TPSA) is 72.2 Å². The van der Waals surface area contributed by atoms with E-state index in [2.05, 4.69) is 11.4 Å². The molecule has 0 spiro atoms. The summed E-state index contributed by atoms with van der Waals surface area (Å²) in [6.45, 7) is 1.58. The molecular weight excluding hydrogens is 276 g/mol. The lowest BCUT2D eigenvalue weighted by atomic mass is 9.96. The Bertz CT molecular complexity index is 833. The molecule has 3 aromatic rings. The number of rotatable bonds is 3. The number of nitrogens with two attached hydrogens (primary N) is 1. The van der Waals surface area contributed by atoms with Gasteiger partial charge in [-0.3, -0.25) is 9.59 Å². The van der Waals surface area contributed by atoms with Crippen LogP contribution in [-0.4, -0.2) is 17.9 Å². The first-order chi connectivity index (χ1) is 10.6. The van der Waals surface area contributed by atoms with Crippen LogP contribution in [0.4, 0.5) is 0 Å². The largest absolute Gasteiger partial charge is 0.368 e. The smallest absolute Gasteiger partial charge is 0.253 e. The summed E-state index contributed by atoms with van der Waals surface area (Å²) in [4.78, 5) is 23.9. The van der Waals surface area contributed by atoms with Crippen LogP contribution < -0.4 is 11.1 Å². The molecule has 0 aliphatic carbocycles. The van der Waals surface area contributed by atoms with Crippen LogP contribution in [0.25, 0.3) is 21.5 Å². The highest BCUT2D eigenvalue weighted by molar-refractivity contribution is 6.18. The maximum atomic E-state index is 12.7. The van der Waals surface area contributed by atoms with E-state index in [9.17, 15) is 9.59 Å². The molecule has 3 N–H and O–H groups in total. The van der Waals surface area contributed by atoms with Gasteiger partial charge in [0.05, 0.1) is 5.56 Å². The summed E-state index contributed by atoms with van der Waals surface area (Å²) in [6, 6.07) is 16.7. The van der Waals surface area contributed by atoms with Crippen molar-refractivity contribution < 1.29 is 9.59 Å². The van der Waals surface area contributed by atoms with Gasteiger partial charge in [0.2, 0.25) is 5.91 Å². The molecule has 22 heavy (non-hydrogen) atoms. The van der Waals surface area contributed by atoms with E-state index in [1.165, 1.54) is 0 Å². The number of primary amides is 1. The number of benzene rings is 3. The van der Waals surface area contributed by atoms with Gasteiger partial charge in [0.15, 0.2) is 0 Å². The summed E-state index contributed by atoms with van der Waals surface area (Å²) in [5.41, 5.74) is 5.81. The molecule has 0 radical (unpaired) electrons. The zero-order valence-corrected chi connectivity index (χ0v) is 12.2. The molecule has 0 fully saturated rings. The zero-order chi connectivity index (χ0) is 15.7. The van der Waals surface area contributed by atoms with Crippen LogP contribution in [0.2, 0.25) is 0 Å². The number of fused-ring (bicyclic) bond motifs is 2. The van der Waals surface area contributed by atoms with Crippen molar-refractivity contribution in [2.45, 2.75) is 13.0 Å². The molecule has 110 valence electrons. The maximum absolute atomic E-state index is 12.7. The fraction of sp³-hybridized carbons (Fsp3) is 0.111. The van der Waals surface area contributed by atoms with Gasteiger partial charge in [0, 0.05) is 0 Å². The third-order valence-electron chi connectivity index (χ3n) is 3.77. The number of nitrogens with one attached hydrogen (secondary N) is 1. The zero-order valence-electron chi connectivity index (χ0n) is 12.2. The number of carbonyl (C=O) groups excluding carboxylic acids is 2. The molecule has 2 amide bonds. The van der Waals surface area contributed by atoms with Gasteiger partial charge in [-0.2, -0.15) is 0 Å². The second-order valence-corrected chi connectivity index (χ2v) is 5.29. The molecule has 3 rings (SSSR count). The quantitative estimate of drug-likeness (QED) is 0.728. The molecule has 0 aromatic heterocycles. The molecular formula is C18H16N2O2. The molecule has 0 aliphatic rings. The van der Waals surface area contributed by atoms with Crippen LogP contribution in [0.5, 0.6) is 0 Å². The summed E-state index contributed by atoms with van der Waals surface area (Å²) in [7, 11) is 0. The lowest BCUT2D eigenvalue weighted by molar-refractivity contribution is -0.119. The minimum absolute atomic E-state index is 0.292. The van der Waals surface area contributed by atoms with Gasteiger partial charge in [-0.15, -0.1) is 0 Å². The van der Waals surface area contributed by atoms with E-state index in [0.29, 0.717) is 5.56 Å². The Hall–Kier alpha value is -2.88. The maximum Gasteiger partial charge on any atom is 0.253 e. The van der Waals surface area contributed by atoms with Gasteiger partial charge < -0.3 is 11.1 Å². The summed E-state index contributed by atoms with van der Waals surface area (Å²) in [5, 5.41) is 6.35. The molecule has 3 aromatic carbocycles. The Balaban J connectivity index is 2.24. The third-order valence-corrected chi connectivity index (χ3v) is 3.77. The molecule has 4 nitrogen and oxygen atoms in total. The van der Waals surface area contributed by atoms with E-state index in [1.54, 1.807) is 6.92 Å². The van der Waals surface area contributed by atoms with Crippen molar-refractivity contribution in [2.24, 2.45) is 5.73 Å². The standard InChI is InChI=1S/C18H16N2O2/c1-11(17(19)21)20-18(22)16-14-8-4-2-6-12(14)10-13-7-3-5-9-15(13)16/h2-11H,1H3,(H2,19,21)(H,20,22)/t11-/m0/s1. The molecule has 0 saturated carbocycles. The van der Waals surface area contributed by atoms with Crippen molar-refractivity contribution in [3.63, 3.8) is 0 Å². The first-order valence-corrected chi connectivity index (χ1v) is 7.08. The number of hydrogen-bond acceptors (Lipinski definition) is 2. The lowest BCUT2D eigenvalue weighted by Gasteiger charge is -2.14. The second-order valence-electron chi connectivity index (χ2n) is 5.29. The van der Waals surface area contributed by atoms with Gasteiger partial charge in [-0.1, -0.05) is 48.5 Å². The van der Waals surface area contributed by atoms with Crippen LogP contribution in [-0.2, 0) is 4.79 Å². The molecule has 0 bridgehead atoms. The summed E-state index contributed by atoms with van der Waals surface area (Å²) < 4.78 is 0. The molecule has 0 saturated heterocycles. The first-order valence-electron chi connectivity index (χ1n) is 7.08. The Kier molecular flexibility index (Phi) is 3.51. The lowest BCUT2D eigenvalue weighted by Crippen LogP contribution is -2.42. The van der Waals surface area contributed by atoms with Gasteiger partial charge in [0.1, 0.15) is 6.04 Å². The van der Waals surface area contributed by atoms with Crippen molar-refractivity contribution in [3.05, 3.63) is 60.2 Å². The Labute approximate surface area is 127 Å². The van der Waals surface area contributed by atoms with E-state index >= 15 is 0 Å². The monoisotopic (exact) mass is 292 g/mol. The van der Waals surface area contributed by atoms with Crippen molar-refractivity contribution in [2.75, 3.05) is 0 Å². The van der Waals surface area contributed by atoms with E-state index in [4.69, 9.17) is 5.73 Å². The number of amides is 2. The Morgan fingerprint density at radius 2 is 1.45 bits per heavy atom. The van der Waals surface area contributed by atoms with Crippen LogP contribution in [0.15, 0.2) is 54.6 Å². The summed E-state index contributed by atoms with van der Waals surface area (Å²) >= 11 is 0. The molecule has 1 atom stereocenters. The molecule has 0 unspecified atom stereocenters. The van der Waals surface area contributed by atoms with Crippen molar-refractivity contribution in [1.82, 2.24) is 5.32 Å². The fourth-order valence-corrected chi connectivity index (χ4v) is 2.60. The van der Waals surface area contributed by atoms with Crippen molar-refractivity contribution in [3.8, 4) is 0 Å². The minimum atomic E-state index is -0.717. The molecule has 0 heterocycles. The Morgan fingerprint density at radius 1 is 0.955 bits per heavy atom. The van der Waals surface area contributed by atoms with Crippen LogP contribution >= 0.6 is 0 Å². The minimum Gasteiger partial charge on any atom is -0.368 e. The summed E-state index contributed by atoms with van der Waals surface area (Å²) in [6.07, 6.45) is 0. The van der Waals surface area contributed by atoms with E-state index < -0.39 is 11.9 Å². The highest BCUT2D eigenvalue weighted by Gasteiger charge is 2.18. The molecule has 0 aliphatic heterocycles. The highest BCUT2D eigenvalue weighted by Crippen LogP contribution is 2.28. The normalized spacial score (nSPS) is 12.2. The van der Waals surface area contributed by atoms with Crippen LogP contribution in [0.1, 0.15) is 17.3 Å². The van der Waals surface area contributed by atoms with Gasteiger partial charge in [-0.25, -0.2) is 0 Å². The Morgan fingerprint density at radius 3 is 1.95 bits per heavy atom. The SMILES string of the molecule is C[C@H](NC(=O)c1c2ccccc2cc2ccccc12)C(N)=O. The van der Waals surface area contributed by atoms with E-state index in [1.807, 2.05) is 48.5 Å².